The summed E-state index contributed by atoms with van der Waals surface area (Å²) in [5, 5.41) is 11.0. The molecule has 0 aliphatic carbocycles. The van der Waals surface area contributed by atoms with Crippen molar-refractivity contribution in [2.45, 2.75) is 0 Å². The second-order valence-electron chi connectivity index (χ2n) is 2.56. The monoisotopic (exact) mass is 196 g/mol. The first kappa shape index (κ1) is 10.0. The Morgan fingerprint density at radius 3 is 2.50 bits per heavy atom. The molecule has 4 nitrogen and oxygen atoms in total. The minimum Gasteiger partial charge on any atom is -0.477 e. The van der Waals surface area contributed by atoms with Crippen molar-refractivity contribution < 1.29 is 14.3 Å². The van der Waals surface area contributed by atoms with Crippen molar-refractivity contribution in [3.05, 3.63) is 42.0 Å². The summed E-state index contributed by atoms with van der Waals surface area (Å²) in [5.41, 5.74) is 5.37. The highest BCUT2D eigenvalue weighted by molar-refractivity contribution is 5.85. The van der Waals surface area contributed by atoms with Gasteiger partial charge in [-0.25, -0.2) is 9.18 Å². The van der Waals surface area contributed by atoms with Crippen LogP contribution in [0, 0.1) is 5.82 Å². The highest BCUT2D eigenvalue weighted by atomic mass is 19.1. The van der Waals surface area contributed by atoms with Gasteiger partial charge >= 0.3 is 5.97 Å². The first-order valence-electron chi connectivity index (χ1n) is 3.80. The van der Waals surface area contributed by atoms with Gasteiger partial charge in [0.2, 0.25) is 0 Å². The summed E-state index contributed by atoms with van der Waals surface area (Å²) in [5.74, 6) is -1.56. The summed E-state index contributed by atoms with van der Waals surface area (Å²) < 4.78 is 12.5. The third-order valence-electron chi connectivity index (χ3n) is 1.49. The number of carboxylic acids is 1. The largest absolute Gasteiger partial charge is 0.477 e. The predicted molar refractivity (Wildman–Crippen MR) is 49.9 cm³/mol. The molecule has 1 aromatic carbocycles. The molecule has 0 spiro atoms. The van der Waals surface area contributed by atoms with Crippen molar-refractivity contribution in [1.29, 1.82) is 0 Å². The van der Waals surface area contributed by atoms with Crippen molar-refractivity contribution in [3.63, 3.8) is 0 Å². The van der Waals surface area contributed by atoms with Crippen molar-refractivity contribution in [2.24, 2.45) is 5.73 Å². The second-order valence-corrected chi connectivity index (χ2v) is 2.56. The molecule has 4 N–H and O–H groups in total. The molecule has 0 saturated heterocycles. The number of hydrogen-bond acceptors (Lipinski definition) is 3. The summed E-state index contributed by atoms with van der Waals surface area (Å²) in [7, 11) is 0. The average molecular weight is 196 g/mol. The van der Waals surface area contributed by atoms with E-state index in [9.17, 15) is 9.18 Å². The zero-order chi connectivity index (χ0) is 10.6. The van der Waals surface area contributed by atoms with E-state index in [0.29, 0.717) is 5.69 Å². The number of nitrogens with two attached hydrogens (primary N) is 1. The van der Waals surface area contributed by atoms with E-state index in [4.69, 9.17) is 10.8 Å². The molecule has 0 fully saturated rings. The number of anilines is 1. The van der Waals surface area contributed by atoms with E-state index < -0.39 is 5.97 Å². The number of hydrogen-bond donors (Lipinski definition) is 3. The maximum atomic E-state index is 12.5. The molecule has 1 rings (SSSR count). The zero-order valence-corrected chi connectivity index (χ0v) is 7.20. The Hall–Kier alpha value is -2.04. The fourth-order valence-electron chi connectivity index (χ4n) is 0.769. The highest BCUT2D eigenvalue weighted by Crippen LogP contribution is 2.07. The zero-order valence-electron chi connectivity index (χ0n) is 7.20. The molecule has 1 aromatic rings. The summed E-state index contributed by atoms with van der Waals surface area (Å²) in [6, 6.07) is 5.46. The molecule has 0 bridgehead atoms. The summed E-state index contributed by atoms with van der Waals surface area (Å²) >= 11 is 0. The Morgan fingerprint density at radius 1 is 1.43 bits per heavy atom. The maximum Gasteiger partial charge on any atom is 0.353 e. The van der Waals surface area contributed by atoms with Crippen LogP contribution in [0.5, 0.6) is 0 Å². The number of aliphatic carboxylic acids is 1. The molecule has 0 radical (unpaired) electrons. The lowest BCUT2D eigenvalue weighted by Crippen LogP contribution is -2.11. The van der Waals surface area contributed by atoms with E-state index in [-0.39, 0.29) is 11.5 Å². The first-order valence-corrected chi connectivity index (χ1v) is 3.80. The summed E-state index contributed by atoms with van der Waals surface area (Å²) in [6.45, 7) is 0. The first-order chi connectivity index (χ1) is 6.59. The lowest BCUT2D eigenvalue weighted by Gasteiger charge is -2.00. The van der Waals surface area contributed by atoms with Crippen LogP contribution < -0.4 is 11.1 Å². The highest BCUT2D eigenvalue weighted by Gasteiger charge is 1.99. The number of benzene rings is 1. The molecule has 0 unspecified atom stereocenters. The topological polar surface area (TPSA) is 75.3 Å². The van der Waals surface area contributed by atoms with Crippen LogP contribution in [0.25, 0.3) is 0 Å². The number of carboxylic acid groups (broad SMARTS) is 1. The molecular formula is C9H9FN2O2. The van der Waals surface area contributed by atoms with E-state index in [1.165, 1.54) is 24.3 Å². The van der Waals surface area contributed by atoms with Gasteiger partial charge in [0, 0.05) is 11.9 Å². The Balaban J connectivity index is 2.66. The van der Waals surface area contributed by atoms with E-state index in [1.807, 2.05) is 0 Å². The normalized spacial score (nSPS) is 11.1. The quantitative estimate of drug-likeness (QED) is 0.633. The lowest BCUT2D eigenvalue weighted by molar-refractivity contribution is -0.132. The fraction of sp³-hybridized carbons (Fsp3) is 0. The van der Waals surface area contributed by atoms with E-state index in [1.54, 1.807) is 0 Å². The SMILES string of the molecule is N/C(=C\Nc1ccc(F)cc1)C(=O)O. The van der Waals surface area contributed by atoms with Crippen molar-refractivity contribution >= 4 is 11.7 Å². The Bertz CT molecular complexity index is 360. The van der Waals surface area contributed by atoms with Crippen LogP contribution in [-0.4, -0.2) is 11.1 Å². The molecule has 0 atom stereocenters. The van der Waals surface area contributed by atoms with Crippen molar-refractivity contribution in [1.82, 2.24) is 0 Å². The summed E-state index contributed by atoms with van der Waals surface area (Å²) in [6.07, 6.45) is 1.13. The fourth-order valence-corrected chi connectivity index (χ4v) is 0.769. The van der Waals surface area contributed by atoms with Gasteiger partial charge in [-0.3, -0.25) is 0 Å². The third kappa shape index (κ3) is 2.78. The van der Waals surface area contributed by atoms with Gasteiger partial charge in [-0.1, -0.05) is 0 Å². The Morgan fingerprint density at radius 2 is 2.00 bits per heavy atom. The Labute approximate surface area is 79.8 Å². The van der Waals surface area contributed by atoms with Gasteiger partial charge in [-0.2, -0.15) is 0 Å². The van der Waals surface area contributed by atoms with Crippen LogP contribution in [0.1, 0.15) is 0 Å². The maximum absolute atomic E-state index is 12.5. The number of nitrogens with one attached hydrogen (secondary N) is 1. The van der Waals surface area contributed by atoms with E-state index in [2.05, 4.69) is 5.32 Å². The molecule has 14 heavy (non-hydrogen) atoms. The molecule has 0 aliphatic heterocycles. The van der Waals surface area contributed by atoms with Gasteiger partial charge in [0.1, 0.15) is 11.5 Å². The van der Waals surface area contributed by atoms with Gasteiger partial charge in [0.05, 0.1) is 0 Å². The van der Waals surface area contributed by atoms with Crippen LogP contribution in [0.15, 0.2) is 36.2 Å². The molecular weight excluding hydrogens is 187 g/mol. The molecule has 5 heteroatoms. The van der Waals surface area contributed by atoms with Crippen LogP contribution >= 0.6 is 0 Å². The van der Waals surface area contributed by atoms with Gasteiger partial charge in [-0.05, 0) is 24.3 Å². The number of rotatable bonds is 3. The smallest absolute Gasteiger partial charge is 0.353 e. The predicted octanol–water partition coefficient (Wildman–Crippen LogP) is 1.12. The summed E-state index contributed by atoms with van der Waals surface area (Å²) in [4.78, 5) is 10.3. The average Bonchev–Trinajstić information content (AvgIpc) is 2.16. The molecule has 0 aliphatic rings. The van der Waals surface area contributed by atoms with Crippen LogP contribution in [-0.2, 0) is 4.79 Å². The lowest BCUT2D eigenvalue weighted by atomic mass is 10.3. The van der Waals surface area contributed by atoms with Gasteiger partial charge < -0.3 is 16.2 Å². The van der Waals surface area contributed by atoms with Gasteiger partial charge in [0.25, 0.3) is 0 Å². The van der Waals surface area contributed by atoms with Crippen LogP contribution in [0.3, 0.4) is 0 Å². The molecule has 0 amide bonds. The number of carbonyl (C=O) groups is 1. The van der Waals surface area contributed by atoms with Gasteiger partial charge in [-0.15, -0.1) is 0 Å². The second kappa shape index (κ2) is 4.27. The standard InChI is InChI=1S/C9H9FN2O2/c10-6-1-3-7(4-2-6)12-5-8(11)9(13)14/h1-5,12H,11H2,(H,13,14)/b8-5-. The van der Waals surface area contributed by atoms with Gasteiger partial charge in [0.15, 0.2) is 0 Å². The number of halogens is 1. The van der Waals surface area contributed by atoms with Crippen molar-refractivity contribution in [3.8, 4) is 0 Å². The third-order valence-corrected chi connectivity index (χ3v) is 1.49. The molecule has 0 aromatic heterocycles. The molecule has 0 saturated carbocycles. The van der Waals surface area contributed by atoms with E-state index >= 15 is 0 Å². The van der Waals surface area contributed by atoms with Crippen molar-refractivity contribution in [2.75, 3.05) is 5.32 Å². The molecule has 74 valence electrons. The van der Waals surface area contributed by atoms with E-state index in [0.717, 1.165) is 6.20 Å². The van der Waals surface area contributed by atoms with Crippen LogP contribution in [0.2, 0.25) is 0 Å². The molecule has 0 heterocycles. The minimum absolute atomic E-state index is 0.311. The minimum atomic E-state index is -1.21. The Kier molecular flexibility index (Phi) is 3.06. The van der Waals surface area contributed by atoms with Crippen LogP contribution in [0.4, 0.5) is 10.1 Å².